The van der Waals surface area contributed by atoms with Crippen LogP contribution in [-0.4, -0.2) is 28.0 Å². The third kappa shape index (κ3) is 3.24. The van der Waals surface area contributed by atoms with Crippen LogP contribution >= 0.6 is 15.9 Å². The van der Waals surface area contributed by atoms with Crippen LogP contribution in [0.3, 0.4) is 0 Å². The molecule has 21 heavy (non-hydrogen) atoms. The van der Waals surface area contributed by atoms with Crippen molar-refractivity contribution in [2.24, 2.45) is 0 Å². The largest absolute Gasteiger partial charge is 0.368 e. The highest BCUT2D eigenvalue weighted by molar-refractivity contribution is 9.10. The van der Waals surface area contributed by atoms with E-state index >= 15 is 0 Å². The minimum absolute atomic E-state index is 0.237. The van der Waals surface area contributed by atoms with Crippen molar-refractivity contribution in [3.05, 3.63) is 28.2 Å². The molecule has 0 amide bonds. The molecule has 1 aromatic carbocycles. The van der Waals surface area contributed by atoms with Crippen molar-refractivity contribution in [2.45, 2.75) is 19.8 Å². The number of nitrogen functional groups attached to an aromatic ring is 1. The zero-order valence-corrected chi connectivity index (χ0v) is 13.4. The van der Waals surface area contributed by atoms with E-state index in [0.717, 1.165) is 23.2 Å². The molecule has 0 unspecified atom stereocenters. The molecule has 7 heteroatoms. The number of nitrogens with zero attached hydrogens (tertiary/aromatic N) is 4. The number of rotatable bonds is 3. The van der Waals surface area contributed by atoms with Crippen LogP contribution < -0.4 is 16.0 Å². The normalized spacial score (nSPS) is 14.5. The average molecular weight is 349 g/mol. The molecule has 6 nitrogen and oxygen atoms in total. The molecule has 0 aliphatic carbocycles. The third-order valence-corrected chi connectivity index (χ3v) is 4.31. The van der Waals surface area contributed by atoms with Gasteiger partial charge >= 0.3 is 0 Å². The lowest BCUT2D eigenvalue weighted by molar-refractivity contribution is 0.887. The van der Waals surface area contributed by atoms with Crippen LogP contribution in [0.4, 0.5) is 23.5 Å². The van der Waals surface area contributed by atoms with E-state index in [0.29, 0.717) is 11.9 Å². The van der Waals surface area contributed by atoms with E-state index in [4.69, 9.17) is 5.73 Å². The molecular weight excluding hydrogens is 332 g/mol. The molecule has 0 spiro atoms. The molecule has 1 aromatic heterocycles. The molecule has 2 aromatic rings. The lowest BCUT2D eigenvalue weighted by atomic mass is 10.2. The molecule has 3 rings (SSSR count). The van der Waals surface area contributed by atoms with Crippen molar-refractivity contribution in [1.29, 1.82) is 0 Å². The van der Waals surface area contributed by atoms with E-state index in [1.54, 1.807) is 0 Å². The Morgan fingerprint density at radius 1 is 1.19 bits per heavy atom. The minimum atomic E-state index is 0.237. The van der Waals surface area contributed by atoms with E-state index < -0.39 is 0 Å². The minimum Gasteiger partial charge on any atom is -0.368 e. The number of hydrogen-bond acceptors (Lipinski definition) is 6. The fourth-order valence-corrected chi connectivity index (χ4v) is 2.67. The molecule has 1 aliphatic heterocycles. The van der Waals surface area contributed by atoms with Gasteiger partial charge in [-0.15, -0.1) is 0 Å². The first-order valence-electron chi connectivity index (χ1n) is 6.91. The van der Waals surface area contributed by atoms with Crippen LogP contribution in [0, 0.1) is 6.92 Å². The van der Waals surface area contributed by atoms with Crippen LogP contribution in [-0.2, 0) is 0 Å². The quantitative estimate of drug-likeness (QED) is 0.887. The van der Waals surface area contributed by atoms with Crippen molar-refractivity contribution < 1.29 is 0 Å². The highest BCUT2D eigenvalue weighted by Gasteiger charge is 2.16. The fraction of sp³-hybridized carbons (Fsp3) is 0.357. The number of hydrogen-bond donors (Lipinski definition) is 2. The Kier molecular flexibility index (Phi) is 3.92. The topological polar surface area (TPSA) is 80.0 Å². The second kappa shape index (κ2) is 5.85. The van der Waals surface area contributed by atoms with Gasteiger partial charge in [0.1, 0.15) is 0 Å². The van der Waals surface area contributed by atoms with Gasteiger partial charge in [0.2, 0.25) is 17.8 Å². The van der Waals surface area contributed by atoms with Crippen LogP contribution in [0.5, 0.6) is 0 Å². The third-order valence-electron chi connectivity index (χ3n) is 3.46. The number of nitrogens with two attached hydrogens (primary N) is 1. The van der Waals surface area contributed by atoms with Crippen molar-refractivity contribution in [1.82, 2.24) is 15.0 Å². The van der Waals surface area contributed by atoms with Gasteiger partial charge in [0, 0.05) is 23.2 Å². The van der Waals surface area contributed by atoms with Gasteiger partial charge in [0.05, 0.1) is 0 Å². The van der Waals surface area contributed by atoms with Gasteiger partial charge < -0.3 is 16.0 Å². The smallest absolute Gasteiger partial charge is 0.233 e. The maximum Gasteiger partial charge on any atom is 0.233 e. The Bertz CT molecular complexity index is 654. The van der Waals surface area contributed by atoms with Crippen molar-refractivity contribution in [3.8, 4) is 0 Å². The number of nitrogens with one attached hydrogen (secondary N) is 1. The van der Waals surface area contributed by atoms with E-state index in [-0.39, 0.29) is 5.95 Å². The number of benzene rings is 1. The molecule has 3 N–H and O–H groups in total. The summed E-state index contributed by atoms with van der Waals surface area (Å²) in [5, 5.41) is 3.18. The van der Waals surface area contributed by atoms with E-state index in [9.17, 15) is 0 Å². The molecule has 2 heterocycles. The Morgan fingerprint density at radius 2 is 1.95 bits per heavy atom. The molecule has 1 fully saturated rings. The number of anilines is 4. The molecule has 0 atom stereocenters. The summed E-state index contributed by atoms with van der Waals surface area (Å²) < 4.78 is 1.04. The highest BCUT2D eigenvalue weighted by atomic mass is 79.9. The zero-order chi connectivity index (χ0) is 14.8. The molecule has 0 saturated carbocycles. The van der Waals surface area contributed by atoms with E-state index in [2.05, 4.69) is 41.1 Å². The molecule has 0 radical (unpaired) electrons. The number of aryl methyl sites for hydroxylation is 1. The van der Waals surface area contributed by atoms with Gasteiger partial charge in [0.25, 0.3) is 0 Å². The van der Waals surface area contributed by atoms with Crippen LogP contribution in [0.2, 0.25) is 0 Å². The summed E-state index contributed by atoms with van der Waals surface area (Å²) in [5.41, 5.74) is 7.88. The Hall–Kier alpha value is -1.89. The first-order valence-corrected chi connectivity index (χ1v) is 7.71. The molecule has 0 bridgehead atoms. The zero-order valence-electron chi connectivity index (χ0n) is 11.8. The second-order valence-electron chi connectivity index (χ2n) is 5.10. The summed E-state index contributed by atoms with van der Waals surface area (Å²) in [4.78, 5) is 15.0. The fourth-order valence-electron chi connectivity index (χ4n) is 2.29. The summed E-state index contributed by atoms with van der Waals surface area (Å²) in [7, 11) is 0. The molecule has 1 aliphatic rings. The molecule has 1 saturated heterocycles. The summed E-state index contributed by atoms with van der Waals surface area (Å²) in [6.07, 6.45) is 2.33. The highest BCUT2D eigenvalue weighted by Crippen LogP contribution is 2.24. The average Bonchev–Trinajstić information content (AvgIpc) is 2.96. The number of aromatic nitrogens is 3. The van der Waals surface area contributed by atoms with Crippen LogP contribution in [0.15, 0.2) is 22.7 Å². The SMILES string of the molecule is Cc1ccc(Nc2nc(N)nc(N3CCCC3)n2)cc1Br. The van der Waals surface area contributed by atoms with Gasteiger partial charge in [-0.05, 0) is 37.5 Å². The van der Waals surface area contributed by atoms with Crippen molar-refractivity contribution >= 4 is 39.5 Å². The van der Waals surface area contributed by atoms with Crippen molar-refractivity contribution in [3.63, 3.8) is 0 Å². The second-order valence-corrected chi connectivity index (χ2v) is 5.95. The summed E-state index contributed by atoms with van der Waals surface area (Å²) in [5.74, 6) is 1.36. The Morgan fingerprint density at radius 3 is 2.67 bits per heavy atom. The number of halogens is 1. The summed E-state index contributed by atoms with van der Waals surface area (Å²) >= 11 is 3.52. The van der Waals surface area contributed by atoms with Crippen LogP contribution in [0.25, 0.3) is 0 Å². The maximum atomic E-state index is 5.80. The molecule has 110 valence electrons. The lowest BCUT2D eigenvalue weighted by Gasteiger charge is -2.16. The first-order chi connectivity index (χ1) is 10.1. The van der Waals surface area contributed by atoms with Crippen LogP contribution in [0.1, 0.15) is 18.4 Å². The maximum absolute atomic E-state index is 5.80. The van der Waals surface area contributed by atoms with Gasteiger partial charge in [-0.25, -0.2) is 0 Å². The standard InChI is InChI=1S/C14H17BrN6/c1-9-4-5-10(8-11(9)15)17-13-18-12(16)19-14(20-13)21-6-2-3-7-21/h4-5,8H,2-3,6-7H2,1H3,(H3,16,17,18,19,20). The van der Waals surface area contributed by atoms with Gasteiger partial charge in [-0.3, -0.25) is 0 Å². The van der Waals surface area contributed by atoms with E-state index in [1.807, 2.05) is 25.1 Å². The van der Waals surface area contributed by atoms with Crippen molar-refractivity contribution in [2.75, 3.05) is 29.0 Å². The molecular formula is C14H17BrN6. The van der Waals surface area contributed by atoms with E-state index in [1.165, 1.54) is 18.4 Å². The Balaban J connectivity index is 1.85. The first kappa shape index (κ1) is 14.1. The Labute approximate surface area is 131 Å². The monoisotopic (exact) mass is 348 g/mol. The predicted octanol–water partition coefficient (Wildman–Crippen LogP) is 2.87. The van der Waals surface area contributed by atoms with Gasteiger partial charge in [0.15, 0.2) is 0 Å². The lowest BCUT2D eigenvalue weighted by Crippen LogP contribution is -2.21. The summed E-state index contributed by atoms with van der Waals surface area (Å²) in [6.45, 7) is 3.98. The van der Waals surface area contributed by atoms with Gasteiger partial charge in [-0.1, -0.05) is 22.0 Å². The van der Waals surface area contributed by atoms with Gasteiger partial charge in [-0.2, -0.15) is 15.0 Å². The predicted molar refractivity (Wildman–Crippen MR) is 87.8 cm³/mol. The summed E-state index contributed by atoms with van der Waals surface area (Å²) in [6, 6.07) is 6.00.